The number of Topliss-reactive ketones (excluding diaryl/α,β-unsaturated/α-hetero) is 1. The van der Waals surface area contributed by atoms with Gasteiger partial charge in [0.15, 0.2) is 5.78 Å². The van der Waals surface area contributed by atoms with Crippen LogP contribution >= 0.6 is 11.3 Å². The zero-order valence-corrected chi connectivity index (χ0v) is 16.7. The van der Waals surface area contributed by atoms with E-state index >= 15 is 0 Å². The van der Waals surface area contributed by atoms with E-state index in [1.807, 2.05) is 24.4 Å². The van der Waals surface area contributed by atoms with Gasteiger partial charge in [-0.15, -0.1) is 11.3 Å². The Morgan fingerprint density at radius 3 is 2.50 bits per heavy atom. The van der Waals surface area contributed by atoms with Gasteiger partial charge in [-0.2, -0.15) is 0 Å². The third-order valence-corrected chi connectivity index (χ3v) is 5.90. The van der Waals surface area contributed by atoms with Crippen LogP contribution in [0.15, 0.2) is 70.4 Å². The highest BCUT2D eigenvalue weighted by Crippen LogP contribution is 2.39. The molecule has 2 heterocycles. The van der Waals surface area contributed by atoms with Crippen molar-refractivity contribution in [2.45, 2.75) is 32.1 Å². The third kappa shape index (κ3) is 4.51. The number of methoxy groups -OCH3 is 1. The van der Waals surface area contributed by atoms with Crippen molar-refractivity contribution in [3.05, 3.63) is 75.3 Å². The van der Waals surface area contributed by atoms with Crippen LogP contribution in [-0.2, 0) is 14.3 Å². The van der Waals surface area contributed by atoms with Gasteiger partial charge in [0.2, 0.25) is 0 Å². The number of carbonyl (C=O) groups excluding carboxylic acids is 2. The number of phenols is 1. The smallest absolute Gasteiger partial charge is 0.335 e. The molecule has 0 fully saturated rings. The first-order valence-corrected chi connectivity index (χ1v) is 9.95. The second-order valence-electron chi connectivity index (χ2n) is 6.73. The molecule has 2 N–H and O–H groups in total. The average Bonchev–Trinajstić information content (AvgIpc) is 3.23. The number of benzene rings is 1. The molecule has 1 unspecified atom stereocenters. The van der Waals surface area contributed by atoms with Gasteiger partial charge in [-0.05, 0) is 36.9 Å². The van der Waals surface area contributed by atoms with Crippen LogP contribution in [0.2, 0.25) is 0 Å². The summed E-state index contributed by atoms with van der Waals surface area (Å²) >= 11 is 1.69. The summed E-state index contributed by atoms with van der Waals surface area (Å²) in [6.07, 6.45) is 1.73. The van der Waals surface area contributed by atoms with Crippen molar-refractivity contribution in [1.82, 2.24) is 5.32 Å². The second-order valence-corrected chi connectivity index (χ2v) is 7.71. The Labute approximate surface area is 168 Å². The maximum atomic E-state index is 12.4. The fraction of sp³-hybridized carbons (Fsp3) is 0.273. The molecule has 0 radical (unpaired) electrons. The van der Waals surface area contributed by atoms with Crippen molar-refractivity contribution in [2.24, 2.45) is 0 Å². The summed E-state index contributed by atoms with van der Waals surface area (Å²) in [4.78, 5) is 25.4. The van der Waals surface area contributed by atoms with Gasteiger partial charge >= 0.3 is 5.97 Å². The molecule has 1 aliphatic heterocycles. The molecular formula is C22H23NO4S. The van der Waals surface area contributed by atoms with Crippen LogP contribution in [0.25, 0.3) is 0 Å². The number of hydrogen-bond acceptors (Lipinski definition) is 6. The molecule has 4 rings (SSSR count). The van der Waals surface area contributed by atoms with Gasteiger partial charge in [0.05, 0.1) is 12.7 Å². The molecule has 5 nitrogen and oxygen atoms in total. The summed E-state index contributed by atoms with van der Waals surface area (Å²) < 4.78 is 4.79. The van der Waals surface area contributed by atoms with Gasteiger partial charge < -0.3 is 15.2 Å². The molecule has 2 aliphatic rings. The average molecular weight is 397 g/mol. The topological polar surface area (TPSA) is 75.6 Å². The number of para-hydroxylation sites is 1. The highest BCUT2D eigenvalue weighted by Gasteiger charge is 2.33. The number of nitrogens with one attached hydrogen (secondary N) is 1. The van der Waals surface area contributed by atoms with E-state index in [1.165, 1.54) is 12.0 Å². The van der Waals surface area contributed by atoms with Crippen LogP contribution in [0.3, 0.4) is 0 Å². The minimum atomic E-state index is -0.361. The Morgan fingerprint density at radius 2 is 1.93 bits per heavy atom. The molecule has 28 heavy (non-hydrogen) atoms. The molecule has 2 aromatic rings. The summed E-state index contributed by atoms with van der Waals surface area (Å²) in [5.41, 5.74) is 3.06. The standard InChI is InChI=1S/C16H17NO3S.C6H6O/c1-9-11(16(19)20-2)8-12-13(17-9)6-10(7-14(12)18)15-4-3-5-21-15;7-6-4-2-1-3-5-6/h3-5,10,17H,6-8H2,1-2H3;1-5,7H. The lowest BCUT2D eigenvalue weighted by Crippen LogP contribution is -2.31. The Bertz CT molecular complexity index is 913. The van der Waals surface area contributed by atoms with E-state index in [4.69, 9.17) is 9.84 Å². The second kappa shape index (κ2) is 8.89. The summed E-state index contributed by atoms with van der Waals surface area (Å²) in [5, 5.41) is 13.9. The van der Waals surface area contributed by atoms with Crippen LogP contribution in [0.4, 0.5) is 0 Å². The Hall–Kier alpha value is -2.86. The van der Waals surface area contributed by atoms with E-state index in [0.29, 0.717) is 24.2 Å². The van der Waals surface area contributed by atoms with Crippen molar-refractivity contribution in [3.8, 4) is 5.75 Å². The lowest BCUT2D eigenvalue weighted by Gasteiger charge is -2.31. The van der Waals surface area contributed by atoms with Gasteiger partial charge in [0, 0.05) is 40.6 Å². The van der Waals surface area contributed by atoms with E-state index < -0.39 is 0 Å². The molecule has 0 saturated heterocycles. The first-order valence-electron chi connectivity index (χ1n) is 9.07. The van der Waals surface area contributed by atoms with Gasteiger partial charge in [-0.3, -0.25) is 4.79 Å². The molecule has 0 spiro atoms. The monoisotopic (exact) mass is 397 g/mol. The highest BCUT2D eigenvalue weighted by atomic mass is 32.1. The molecule has 1 aliphatic carbocycles. The predicted octanol–water partition coefficient (Wildman–Crippen LogP) is 4.28. The number of phenolic OH excluding ortho intramolecular Hbond substituents is 1. The number of dihydropyridines is 1. The SMILES string of the molecule is COC(=O)C1=C(C)NC2=C(C1)C(=O)CC(c1cccs1)C2.Oc1ccccc1. The van der Waals surface area contributed by atoms with E-state index in [0.717, 1.165) is 23.4 Å². The molecule has 0 bridgehead atoms. The largest absolute Gasteiger partial charge is 0.508 e. The van der Waals surface area contributed by atoms with Crippen LogP contribution in [-0.4, -0.2) is 24.0 Å². The Balaban J connectivity index is 0.000000271. The molecule has 1 atom stereocenters. The van der Waals surface area contributed by atoms with Gasteiger partial charge in [0.1, 0.15) is 5.75 Å². The van der Waals surface area contributed by atoms with E-state index in [9.17, 15) is 9.59 Å². The normalized spacial score (nSPS) is 18.6. The van der Waals surface area contributed by atoms with Gasteiger partial charge in [-0.25, -0.2) is 4.79 Å². The fourth-order valence-corrected chi connectivity index (χ4v) is 4.23. The molecule has 146 valence electrons. The number of thiophene rings is 1. The summed E-state index contributed by atoms with van der Waals surface area (Å²) in [5.74, 6) is 0.342. The molecular weight excluding hydrogens is 374 g/mol. The number of hydrogen-bond donors (Lipinski definition) is 2. The maximum Gasteiger partial charge on any atom is 0.335 e. The lowest BCUT2D eigenvalue weighted by atomic mass is 9.81. The van der Waals surface area contributed by atoms with Crippen molar-refractivity contribution < 1.29 is 19.4 Å². The fourth-order valence-electron chi connectivity index (χ4n) is 3.40. The van der Waals surface area contributed by atoms with Gasteiger partial charge in [0.25, 0.3) is 0 Å². The third-order valence-electron chi connectivity index (χ3n) is 4.86. The van der Waals surface area contributed by atoms with Gasteiger partial charge in [-0.1, -0.05) is 24.3 Å². The van der Waals surface area contributed by atoms with Crippen molar-refractivity contribution >= 4 is 23.1 Å². The number of allylic oxidation sites excluding steroid dienone is 3. The number of carbonyl (C=O) groups is 2. The minimum absolute atomic E-state index is 0.135. The lowest BCUT2D eigenvalue weighted by molar-refractivity contribution is -0.136. The quantitative estimate of drug-likeness (QED) is 0.740. The number of aromatic hydroxyl groups is 1. The molecule has 6 heteroatoms. The summed E-state index contributed by atoms with van der Waals surface area (Å²) in [7, 11) is 1.36. The summed E-state index contributed by atoms with van der Waals surface area (Å²) in [6, 6.07) is 12.8. The highest BCUT2D eigenvalue weighted by molar-refractivity contribution is 7.10. The molecule has 1 aromatic carbocycles. The zero-order valence-electron chi connectivity index (χ0n) is 15.9. The zero-order chi connectivity index (χ0) is 20.1. The van der Waals surface area contributed by atoms with E-state index in [2.05, 4.69) is 11.4 Å². The molecule has 0 amide bonds. The van der Waals surface area contributed by atoms with E-state index in [-0.39, 0.29) is 17.7 Å². The van der Waals surface area contributed by atoms with Crippen LogP contribution < -0.4 is 5.32 Å². The first kappa shape index (κ1) is 19.9. The first-order chi connectivity index (χ1) is 13.5. The molecule has 0 saturated carbocycles. The predicted molar refractivity (Wildman–Crippen MR) is 109 cm³/mol. The number of rotatable bonds is 2. The minimum Gasteiger partial charge on any atom is -0.508 e. The number of esters is 1. The molecule has 1 aromatic heterocycles. The number of ketones is 1. The van der Waals surface area contributed by atoms with E-state index in [1.54, 1.807) is 35.6 Å². The van der Waals surface area contributed by atoms with Crippen LogP contribution in [0.5, 0.6) is 5.75 Å². The maximum absolute atomic E-state index is 12.4. The van der Waals surface area contributed by atoms with Crippen LogP contribution in [0, 0.1) is 0 Å². The summed E-state index contributed by atoms with van der Waals surface area (Å²) in [6.45, 7) is 1.86. The Morgan fingerprint density at radius 1 is 1.18 bits per heavy atom. The van der Waals surface area contributed by atoms with Crippen molar-refractivity contribution in [2.75, 3.05) is 7.11 Å². The van der Waals surface area contributed by atoms with Crippen molar-refractivity contribution in [1.29, 1.82) is 0 Å². The number of ether oxygens (including phenoxy) is 1. The van der Waals surface area contributed by atoms with Crippen molar-refractivity contribution in [3.63, 3.8) is 0 Å². The Kier molecular flexibility index (Phi) is 6.31. The van der Waals surface area contributed by atoms with Crippen LogP contribution in [0.1, 0.15) is 37.0 Å².